The van der Waals surface area contributed by atoms with Crippen LogP contribution in [-0.2, 0) is 4.79 Å². The molecule has 0 radical (unpaired) electrons. The standard InChI is InChI=1S/C21H32O.ClH/c1-14(22)17-9-10-18-16-8-7-15-6-4-5-12-20(15,2)19(16)11-13-21(17,18)3;/h9,15-16,18-19H,4-8,10-13H2,1-3H3;1H/t15?,16-,18-,19-,20-,21+;/m0./s1. The van der Waals surface area contributed by atoms with Gasteiger partial charge in [-0.2, -0.15) is 0 Å². The first-order valence-electron chi connectivity index (χ1n) is 9.68. The molecule has 4 aliphatic carbocycles. The van der Waals surface area contributed by atoms with E-state index in [1.165, 1.54) is 63.4 Å². The Kier molecular flexibility index (Phi) is 4.49. The fourth-order valence-corrected chi connectivity index (χ4v) is 7.41. The van der Waals surface area contributed by atoms with E-state index in [2.05, 4.69) is 19.9 Å². The molecule has 0 heterocycles. The average Bonchev–Trinajstić information content (AvgIpc) is 2.84. The van der Waals surface area contributed by atoms with Crippen LogP contribution in [0, 0.1) is 34.5 Å². The summed E-state index contributed by atoms with van der Waals surface area (Å²) in [6, 6.07) is 0. The number of hydrogen-bond acceptors (Lipinski definition) is 1. The Bertz CT molecular complexity index is 524. The minimum Gasteiger partial charge on any atom is -0.295 e. The molecule has 0 saturated heterocycles. The maximum atomic E-state index is 12.1. The SMILES string of the molecule is CC(=O)C1=CC[C@H]2[C@@H]3CCC4CCCC[C@]4(C)[C@H]3CC[C@]12C.Cl. The van der Waals surface area contributed by atoms with Crippen molar-refractivity contribution in [3.05, 3.63) is 11.6 Å². The molecule has 0 aromatic heterocycles. The molecule has 3 fully saturated rings. The van der Waals surface area contributed by atoms with E-state index >= 15 is 0 Å². The van der Waals surface area contributed by atoms with Gasteiger partial charge in [-0.3, -0.25) is 4.79 Å². The molecule has 2 heteroatoms. The highest BCUT2D eigenvalue weighted by atomic mass is 35.5. The van der Waals surface area contributed by atoms with Gasteiger partial charge in [0.1, 0.15) is 0 Å². The fraction of sp³-hybridized carbons (Fsp3) is 0.857. The van der Waals surface area contributed by atoms with Gasteiger partial charge >= 0.3 is 0 Å². The van der Waals surface area contributed by atoms with E-state index in [9.17, 15) is 4.79 Å². The molecule has 1 unspecified atom stereocenters. The number of halogens is 1. The van der Waals surface area contributed by atoms with E-state index in [1.54, 1.807) is 6.92 Å². The molecule has 0 N–H and O–H groups in total. The zero-order valence-corrected chi connectivity index (χ0v) is 15.9. The van der Waals surface area contributed by atoms with Crippen LogP contribution in [0.5, 0.6) is 0 Å². The third kappa shape index (κ3) is 2.36. The van der Waals surface area contributed by atoms with Gasteiger partial charge in [0.2, 0.25) is 0 Å². The lowest BCUT2D eigenvalue weighted by atomic mass is 9.45. The van der Waals surface area contributed by atoms with Crippen LogP contribution in [-0.4, -0.2) is 5.78 Å². The van der Waals surface area contributed by atoms with E-state index < -0.39 is 0 Å². The summed E-state index contributed by atoms with van der Waals surface area (Å²) in [5.41, 5.74) is 1.98. The van der Waals surface area contributed by atoms with Crippen molar-refractivity contribution in [2.45, 2.75) is 78.6 Å². The molecule has 0 aromatic rings. The Hall–Kier alpha value is -0.300. The van der Waals surface area contributed by atoms with Gasteiger partial charge in [-0.05, 0) is 91.9 Å². The summed E-state index contributed by atoms with van der Waals surface area (Å²) in [7, 11) is 0. The summed E-state index contributed by atoms with van der Waals surface area (Å²) in [5, 5.41) is 0. The number of fused-ring (bicyclic) bond motifs is 5. The predicted octanol–water partition coefficient (Wildman–Crippen LogP) is 5.97. The molecule has 130 valence electrons. The molecule has 23 heavy (non-hydrogen) atoms. The highest BCUT2D eigenvalue weighted by Gasteiger charge is 2.58. The molecule has 0 spiro atoms. The van der Waals surface area contributed by atoms with Gasteiger partial charge in [-0.1, -0.05) is 32.8 Å². The maximum Gasteiger partial charge on any atom is 0.156 e. The Morgan fingerprint density at radius 2 is 1.83 bits per heavy atom. The monoisotopic (exact) mass is 336 g/mol. The summed E-state index contributed by atoms with van der Waals surface area (Å²) in [4.78, 5) is 12.1. The van der Waals surface area contributed by atoms with Crippen LogP contribution in [0.15, 0.2) is 11.6 Å². The van der Waals surface area contributed by atoms with Crippen LogP contribution < -0.4 is 0 Å². The summed E-state index contributed by atoms with van der Waals surface area (Å²) >= 11 is 0. The lowest BCUT2D eigenvalue weighted by Crippen LogP contribution is -2.52. The molecule has 3 saturated carbocycles. The first-order valence-corrected chi connectivity index (χ1v) is 9.68. The quantitative estimate of drug-likeness (QED) is 0.576. The number of hydrogen-bond donors (Lipinski definition) is 0. The maximum absolute atomic E-state index is 12.1. The van der Waals surface area contributed by atoms with Crippen LogP contribution in [0.3, 0.4) is 0 Å². The number of Topliss-reactive ketones (excluding diaryl/α,β-unsaturated/α-hetero) is 1. The van der Waals surface area contributed by atoms with Crippen molar-refractivity contribution < 1.29 is 4.79 Å². The Morgan fingerprint density at radius 1 is 1.04 bits per heavy atom. The second-order valence-electron chi connectivity index (χ2n) is 9.27. The number of carbonyl (C=O) groups is 1. The zero-order valence-electron chi connectivity index (χ0n) is 15.1. The molecule has 0 amide bonds. The van der Waals surface area contributed by atoms with Gasteiger partial charge in [0.15, 0.2) is 5.78 Å². The second-order valence-corrected chi connectivity index (χ2v) is 9.27. The first kappa shape index (κ1) is 17.5. The highest BCUT2D eigenvalue weighted by molar-refractivity contribution is 5.95. The third-order valence-electron chi connectivity index (χ3n) is 8.54. The van der Waals surface area contributed by atoms with Gasteiger partial charge < -0.3 is 0 Å². The van der Waals surface area contributed by atoms with Gasteiger partial charge in [0.05, 0.1) is 0 Å². The van der Waals surface area contributed by atoms with Crippen LogP contribution in [0.1, 0.15) is 78.6 Å². The van der Waals surface area contributed by atoms with Crippen molar-refractivity contribution in [1.82, 2.24) is 0 Å². The number of ketones is 1. The minimum atomic E-state index is 0. The second kappa shape index (κ2) is 5.90. The largest absolute Gasteiger partial charge is 0.295 e. The first-order chi connectivity index (χ1) is 10.5. The lowest BCUT2D eigenvalue weighted by molar-refractivity contribution is -0.118. The van der Waals surface area contributed by atoms with Crippen molar-refractivity contribution in [3.8, 4) is 0 Å². The zero-order chi connectivity index (χ0) is 15.5. The lowest BCUT2D eigenvalue weighted by Gasteiger charge is -2.60. The van der Waals surface area contributed by atoms with Crippen LogP contribution >= 0.6 is 12.4 Å². The number of carbonyl (C=O) groups excluding carboxylic acids is 1. The van der Waals surface area contributed by atoms with Crippen molar-refractivity contribution >= 4 is 18.2 Å². The number of allylic oxidation sites excluding steroid dienone is 2. The third-order valence-corrected chi connectivity index (χ3v) is 8.54. The highest BCUT2D eigenvalue weighted by Crippen LogP contribution is 2.66. The van der Waals surface area contributed by atoms with E-state index in [1.807, 2.05) is 0 Å². The summed E-state index contributed by atoms with van der Waals surface area (Å²) in [6.07, 6.45) is 14.9. The molecule has 6 atom stereocenters. The molecule has 0 aliphatic heterocycles. The molecular weight excluding hydrogens is 304 g/mol. The van der Waals surface area contributed by atoms with E-state index in [-0.39, 0.29) is 17.8 Å². The summed E-state index contributed by atoms with van der Waals surface area (Å²) in [6.45, 7) is 6.82. The minimum absolute atomic E-state index is 0. The van der Waals surface area contributed by atoms with E-state index in [0.29, 0.717) is 11.2 Å². The molecule has 1 nitrogen and oxygen atoms in total. The summed E-state index contributed by atoms with van der Waals surface area (Å²) < 4.78 is 0. The normalized spacial score (nSPS) is 48.4. The van der Waals surface area contributed by atoms with Gasteiger partial charge in [0, 0.05) is 0 Å². The Labute approximate surface area is 148 Å². The van der Waals surface area contributed by atoms with Crippen molar-refractivity contribution in [3.63, 3.8) is 0 Å². The van der Waals surface area contributed by atoms with Crippen LogP contribution in [0.2, 0.25) is 0 Å². The van der Waals surface area contributed by atoms with Crippen molar-refractivity contribution in [2.75, 3.05) is 0 Å². The predicted molar refractivity (Wildman–Crippen MR) is 97.7 cm³/mol. The fourth-order valence-electron chi connectivity index (χ4n) is 7.41. The molecule has 4 aliphatic rings. The van der Waals surface area contributed by atoms with Gasteiger partial charge in [0.25, 0.3) is 0 Å². The Morgan fingerprint density at radius 3 is 2.57 bits per heavy atom. The van der Waals surface area contributed by atoms with Crippen LogP contribution in [0.4, 0.5) is 0 Å². The smallest absolute Gasteiger partial charge is 0.156 e. The topological polar surface area (TPSA) is 17.1 Å². The molecule has 0 aromatic carbocycles. The van der Waals surface area contributed by atoms with E-state index in [0.717, 1.165) is 23.7 Å². The molecule has 4 rings (SSSR count). The van der Waals surface area contributed by atoms with Gasteiger partial charge in [-0.25, -0.2) is 0 Å². The Balaban J connectivity index is 0.00000156. The van der Waals surface area contributed by atoms with Crippen LogP contribution in [0.25, 0.3) is 0 Å². The van der Waals surface area contributed by atoms with E-state index in [4.69, 9.17) is 0 Å². The van der Waals surface area contributed by atoms with Crippen molar-refractivity contribution in [2.24, 2.45) is 34.5 Å². The summed E-state index contributed by atoms with van der Waals surface area (Å²) in [5.74, 6) is 3.90. The molecular formula is C21H33ClO. The van der Waals surface area contributed by atoms with Gasteiger partial charge in [-0.15, -0.1) is 12.4 Å². The molecule has 0 bridgehead atoms. The van der Waals surface area contributed by atoms with Crippen molar-refractivity contribution in [1.29, 1.82) is 0 Å². The average molecular weight is 337 g/mol. The number of rotatable bonds is 1.